The summed E-state index contributed by atoms with van der Waals surface area (Å²) in [6, 6.07) is 9.06. The first kappa shape index (κ1) is 16.7. The second-order valence-electron chi connectivity index (χ2n) is 5.84. The quantitative estimate of drug-likeness (QED) is 0.872. The number of hydrogen-bond donors (Lipinski definition) is 1. The molecule has 2 heterocycles. The number of amides is 2. The highest BCUT2D eigenvalue weighted by atomic mass is 79.9. The predicted octanol–water partition coefficient (Wildman–Crippen LogP) is 2.78. The molecule has 126 valence electrons. The molecule has 1 N–H and O–H groups in total. The molecule has 2 aromatic rings. The molecule has 1 aromatic heterocycles. The Hall–Kier alpha value is -2.15. The molecule has 1 aliphatic heterocycles. The Labute approximate surface area is 148 Å². The van der Waals surface area contributed by atoms with Gasteiger partial charge in [0.2, 0.25) is 0 Å². The largest absolute Gasteiger partial charge is 0.361 e. The molecule has 3 rings (SSSR count). The van der Waals surface area contributed by atoms with Gasteiger partial charge in [-0.05, 0) is 47.8 Å². The highest BCUT2D eigenvalue weighted by Gasteiger charge is 2.26. The van der Waals surface area contributed by atoms with Crippen LogP contribution in [0.15, 0.2) is 39.3 Å². The van der Waals surface area contributed by atoms with E-state index < -0.39 is 0 Å². The van der Waals surface area contributed by atoms with Crippen molar-refractivity contribution < 1.29 is 14.1 Å². The first-order valence-corrected chi connectivity index (χ1v) is 8.62. The molecular weight excluding hydrogens is 374 g/mol. The van der Waals surface area contributed by atoms with Crippen molar-refractivity contribution in [3.05, 3.63) is 51.8 Å². The summed E-state index contributed by atoms with van der Waals surface area (Å²) in [5.74, 6) is 0.385. The van der Waals surface area contributed by atoms with Gasteiger partial charge in [-0.15, -0.1) is 0 Å². The van der Waals surface area contributed by atoms with Gasteiger partial charge in [-0.2, -0.15) is 0 Å². The van der Waals surface area contributed by atoms with E-state index in [9.17, 15) is 9.59 Å². The van der Waals surface area contributed by atoms with Crippen molar-refractivity contribution >= 4 is 27.7 Å². The molecule has 0 aliphatic carbocycles. The Morgan fingerprint density at radius 1 is 1.29 bits per heavy atom. The summed E-state index contributed by atoms with van der Waals surface area (Å²) in [6.45, 7) is 2.97. The van der Waals surface area contributed by atoms with Crippen molar-refractivity contribution in [1.29, 1.82) is 0 Å². The fourth-order valence-corrected chi connectivity index (χ4v) is 3.22. The van der Waals surface area contributed by atoms with Crippen LogP contribution in [0.4, 0.5) is 0 Å². The molecule has 6 nitrogen and oxygen atoms in total. The Bertz CT molecular complexity index is 751. The summed E-state index contributed by atoms with van der Waals surface area (Å²) in [4.78, 5) is 26.5. The van der Waals surface area contributed by atoms with Gasteiger partial charge in [0.1, 0.15) is 5.76 Å². The van der Waals surface area contributed by atoms with E-state index in [4.69, 9.17) is 4.52 Å². The van der Waals surface area contributed by atoms with E-state index >= 15 is 0 Å². The average Bonchev–Trinajstić information content (AvgIpc) is 3.02. The van der Waals surface area contributed by atoms with Crippen LogP contribution < -0.4 is 5.32 Å². The number of aromatic nitrogens is 1. The highest BCUT2D eigenvalue weighted by Crippen LogP contribution is 2.20. The Morgan fingerprint density at radius 3 is 2.62 bits per heavy atom. The van der Waals surface area contributed by atoms with Gasteiger partial charge in [-0.25, -0.2) is 0 Å². The maximum atomic E-state index is 12.6. The van der Waals surface area contributed by atoms with Gasteiger partial charge in [-0.3, -0.25) is 9.59 Å². The molecule has 7 heteroatoms. The summed E-state index contributed by atoms with van der Waals surface area (Å²) in [5, 5.41) is 6.67. The van der Waals surface area contributed by atoms with E-state index in [1.54, 1.807) is 13.0 Å². The van der Waals surface area contributed by atoms with Gasteiger partial charge >= 0.3 is 0 Å². The van der Waals surface area contributed by atoms with Crippen molar-refractivity contribution in [2.24, 2.45) is 0 Å². The number of carbonyl (C=O) groups is 2. The minimum Gasteiger partial charge on any atom is -0.361 e. The van der Waals surface area contributed by atoms with Crippen LogP contribution in [0.3, 0.4) is 0 Å². The fourth-order valence-electron chi connectivity index (χ4n) is 2.76. The maximum absolute atomic E-state index is 12.6. The lowest BCUT2D eigenvalue weighted by Gasteiger charge is -2.32. The molecular formula is C17H18BrN3O3. The van der Waals surface area contributed by atoms with E-state index in [0.717, 1.165) is 17.3 Å². The van der Waals surface area contributed by atoms with Crippen LogP contribution in [0.2, 0.25) is 0 Å². The zero-order chi connectivity index (χ0) is 17.1. The first-order chi connectivity index (χ1) is 11.5. The maximum Gasteiger partial charge on any atom is 0.273 e. The van der Waals surface area contributed by atoms with Gasteiger partial charge in [0.15, 0.2) is 5.69 Å². The Morgan fingerprint density at radius 2 is 2.00 bits per heavy atom. The molecule has 1 aromatic carbocycles. The highest BCUT2D eigenvalue weighted by molar-refractivity contribution is 9.10. The van der Waals surface area contributed by atoms with Gasteiger partial charge in [0.25, 0.3) is 11.8 Å². The van der Waals surface area contributed by atoms with Crippen LogP contribution >= 0.6 is 15.9 Å². The van der Waals surface area contributed by atoms with Gasteiger partial charge in [0.05, 0.1) is 5.56 Å². The van der Waals surface area contributed by atoms with Gasteiger partial charge < -0.3 is 14.7 Å². The molecule has 2 amide bonds. The number of carbonyl (C=O) groups excluding carboxylic acids is 2. The molecule has 24 heavy (non-hydrogen) atoms. The Balaban J connectivity index is 1.55. The van der Waals surface area contributed by atoms with Crippen molar-refractivity contribution in [3.63, 3.8) is 0 Å². The predicted molar refractivity (Wildman–Crippen MR) is 91.8 cm³/mol. The second-order valence-corrected chi connectivity index (χ2v) is 6.70. The fraction of sp³-hybridized carbons (Fsp3) is 0.353. The number of aryl methyl sites for hydroxylation is 1. The number of rotatable bonds is 3. The normalized spacial score (nSPS) is 15.3. The molecule has 0 radical (unpaired) electrons. The summed E-state index contributed by atoms with van der Waals surface area (Å²) < 4.78 is 5.71. The minimum absolute atomic E-state index is 0.0133. The smallest absolute Gasteiger partial charge is 0.273 e. The number of piperidine rings is 1. The lowest BCUT2D eigenvalue weighted by atomic mass is 10.0. The third kappa shape index (κ3) is 3.67. The first-order valence-electron chi connectivity index (χ1n) is 7.82. The second kappa shape index (κ2) is 7.17. The summed E-state index contributed by atoms with van der Waals surface area (Å²) >= 11 is 3.42. The standard InChI is InChI=1S/C17H18BrN3O3/c1-11-10-15(20-24-11)16(22)19-12-6-8-21(9-7-12)17(23)13-4-2-3-5-14(13)18/h2-5,10,12H,6-9H2,1H3,(H,19,22). The topological polar surface area (TPSA) is 75.4 Å². The molecule has 0 unspecified atom stereocenters. The molecule has 1 fully saturated rings. The monoisotopic (exact) mass is 391 g/mol. The number of hydrogen-bond acceptors (Lipinski definition) is 4. The van der Waals surface area contributed by atoms with Crippen LogP contribution in [0.1, 0.15) is 39.4 Å². The molecule has 1 saturated heterocycles. The molecule has 0 spiro atoms. The number of benzene rings is 1. The number of halogens is 1. The number of nitrogens with one attached hydrogen (secondary N) is 1. The van der Waals surface area contributed by atoms with E-state index in [1.165, 1.54) is 0 Å². The zero-order valence-corrected chi connectivity index (χ0v) is 14.9. The van der Waals surface area contributed by atoms with E-state index in [1.807, 2.05) is 29.2 Å². The SMILES string of the molecule is Cc1cc(C(=O)NC2CCN(C(=O)c3ccccc3Br)CC2)no1. The van der Waals surface area contributed by atoms with E-state index in [2.05, 4.69) is 26.4 Å². The van der Waals surface area contributed by atoms with E-state index in [-0.39, 0.29) is 17.9 Å². The number of nitrogens with zero attached hydrogens (tertiary/aromatic N) is 2. The Kier molecular flexibility index (Phi) is 4.99. The van der Waals surface area contributed by atoms with Crippen molar-refractivity contribution in [2.75, 3.05) is 13.1 Å². The van der Waals surface area contributed by atoms with Crippen molar-refractivity contribution in [3.8, 4) is 0 Å². The molecule has 1 aliphatic rings. The van der Waals surface area contributed by atoms with E-state index in [0.29, 0.717) is 30.1 Å². The minimum atomic E-state index is -0.234. The molecule has 0 bridgehead atoms. The van der Waals surface area contributed by atoms with Gasteiger partial charge in [-0.1, -0.05) is 17.3 Å². The molecule has 0 saturated carbocycles. The summed E-state index contributed by atoms with van der Waals surface area (Å²) in [5.41, 5.74) is 0.956. The van der Waals surface area contributed by atoms with Crippen molar-refractivity contribution in [1.82, 2.24) is 15.4 Å². The number of likely N-dealkylation sites (tertiary alicyclic amines) is 1. The van der Waals surface area contributed by atoms with Gasteiger partial charge in [0, 0.05) is 29.7 Å². The lowest BCUT2D eigenvalue weighted by Crippen LogP contribution is -2.46. The average molecular weight is 392 g/mol. The van der Waals surface area contributed by atoms with Crippen LogP contribution in [0.5, 0.6) is 0 Å². The van der Waals surface area contributed by atoms with Crippen molar-refractivity contribution in [2.45, 2.75) is 25.8 Å². The summed E-state index contributed by atoms with van der Waals surface area (Å²) in [7, 11) is 0. The summed E-state index contributed by atoms with van der Waals surface area (Å²) in [6.07, 6.45) is 1.44. The zero-order valence-electron chi connectivity index (χ0n) is 13.3. The lowest BCUT2D eigenvalue weighted by molar-refractivity contribution is 0.0696. The van der Waals surface area contributed by atoms with Crippen LogP contribution in [-0.4, -0.2) is 41.0 Å². The third-order valence-corrected chi connectivity index (χ3v) is 4.77. The molecule has 0 atom stereocenters. The van der Waals surface area contributed by atoms with Crippen LogP contribution in [0.25, 0.3) is 0 Å². The van der Waals surface area contributed by atoms with Crippen LogP contribution in [0, 0.1) is 6.92 Å². The third-order valence-electron chi connectivity index (χ3n) is 4.08. The van der Waals surface area contributed by atoms with Crippen LogP contribution in [-0.2, 0) is 0 Å².